The van der Waals surface area contributed by atoms with E-state index in [1.165, 1.54) is 0 Å². The van der Waals surface area contributed by atoms with Gasteiger partial charge in [0.05, 0.1) is 22.4 Å². The summed E-state index contributed by atoms with van der Waals surface area (Å²) in [4.78, 5) is 15.1. The third-order valence-corrected chi connectivity index (χ3v) is 6.77. The van der Waals surface area contributed by atoms with Gasteiger partial charge in [-0.25, -0.2) is 19.5 Å². The van der Waals surface area contributed by atoms with Crippen molar-refractivity contribution in [2.45, 2.75) is 0 Å². The van der Waals surface area contributed by atoms with Crippen LogP contribution in [0, 0.1) is 0 Å². The second kappa shape index (κ2) is 7.63. The lowest BCUT2D eigenvalue weighted by Gasteiger charge is -2.09. The zero-order valence-electron chi connectivity index (χ0n) is 19.6. The Kier molecular flexibility index (Phi) is 4.13. The Morgan fingerprint density at radius 1 is 0.595 bits per heavy atom. The van der Waals surface area contributed by atoms with Gasteiger partial charge < -0.3 is 4.42 Å². The first kappa shape index (κ1) is 20.0. The van der Waals surface area contributed by atoms with E-state index in [1.54, 1.807) is 0 Å². The van der Waals surface area contributed by atoms with Gasteiger partial charge in [0, 0.05) is 16.5 Å². The van der Waals surface area contributed by atoms with Crippen LogP contribution in [0.2, 0.25) is 0 Å². The normalized spacial score (nSPS) is 11.8. The molecule has 4 heterocycles. The van der Waals surface area contributed by atoms with Gasteiger partial charge in [0.25, 0.3) is 0 Å². The molecule has 8 aromatic rings. The molecule has 0 saturated heterocycles. The number of fused-ring (bicyclic) bond motifs is 7. The molecule has 4 aromatic carbocycles. The number of benzene rings is 4. The molecule has 6 heteroatoms. The molecule has 0 N–H and O–H groups in total. The Bertz CT molecular complexity index is 1940. The minimum absolute atomic E-state index is 0.509. The summed E-state index contributed by atoms with van der Waals surface area (Å²) in [6, 6.07) is 38.6. The Morgan fingerprint density at radius 2 is 1.22 bits per heavy atom. The molecule has 0 aliphatic heterocycles. The summed E-state index contributed by atoms with van der Waals surface area (Å²) in [5, 5.41) is 1.02. The highest BCUT2D eigenvalue weighted by Crippen LogP contribution is 2.36. The number of aromatic nitrogens is 5. The zero-order valence-corrected chi connectivity index (χ0v) is 19.6. The number of rotatable bonds is 3. The van der Waals surface area contributed by atoms with E-state index in [0.717, 1.165) is 50.0 Å². The van der Waals surface area contributed by atoms with E-state index in [-0.39, 0.29) is 0 Å². The Labute approximate surface area is 211 Å². The SMILES string of the molecule is c1ccc(-c2cc(-c3ccccc3)nc(-n3c4oc5ccccc5c4n4c5ccccc5nc34)n2)cc1. The minimum Gasteiger partial charge on any atom is -0.437 e. The van der Waals surface area contributed by atoms with Crippen LogP contribution in [0.4, 0.5) is 0 Å². The average molecular weight is 478 g/mol. The zero-order chi connectivity index (χ0) is 24.3. The molecule has 0 unspecified atom stereocenters. The maximum absolute atomic E-state index is 6.44. The summed E-state index contributed by atoms with van der Waals surface area (Å²) in [7, 11) is 0. The largest absolute Gasteiger partial charge is 0.437 e. The highest BCUT2D eigenvalue weighted by atomic mass is 16.3. The monoisotopic (exact) mass is 477 g/mol. The minimum atomic E-state index is 0.509. The lowest BCUT2D eigenvalue weighted by atomic mass is 10.1. The molecule has 0 spiro atoms. The number of imidazole rings is 2. The highest BCUT2D eigenvalue weighted by molar-refractivity contribution is 6.06. The summed E-state index contributed by atoms with van der Waals surface area (Å²) in [6.07, 6.45) is 0. The van der Waals surface area contributed by atoms with Gasteiger partial charge in [0.2, 0.25) is 17.4 Å². The molecule has 6 nitrogen and oxygen atoms in total. The molecule has 0 aliphatic rings. The molecule has 0 bridgehead atoms. The van der Waals surface area contributed by atoms with Crippen LogP contribution in [0.15, 0.2) is 120 Å². The first-order valence-electron chi connectivity index (χ1n) is 12.1. The second-order valence-corrected chi connectivity index (χ2v) is 8.99. The van der Waals surface area contributed by atoms with Crippen molar-refractivity contribution in [1.29, 1.82) is 0 Å². The van der Waals surface area contributed by atoms with Crippen LogP contribution in [0.3, 0.4) is 0 Å². The van der Waals surface area contributed by atoms with E-state index in [4.69, 9.17) is 19.4 Å². The summed E-state index contributed by atoms with van der Waals surface area (Å²) in [6.45, 7) is 0. The van der Waals surface area contributed by atoms with Gasteiger partial charge in [0.1, 0.15) is 11.1 Å². The lowest BCUT2D eigenvalue weighted by Crippen LogP contribution is -2.04. The molecule has 0 aliphatic carbocycles. The topological polar surface area (TPSA) is 61.2 Å². The predicted molar refractivity (Wildman–Crippen MR) is 146 cm³/mol. The molecule has 4 aromatic heterocycles. The van der Waals surface area contributed by atoms with Crippen LogP contribution in [0.25, 0.3) is 67.5 Å². The third kappa shape index (κ3) is 2.96. The van der Waals surface area contributed by atoms with E-state index in [2.05, 4.69) is 40.8 Å². The van der Waals surface area contributed by atoms with Crippen molar-refractivity contribution in [3.8, 4) is 28.5 Å². The first-order chi connectivity index (χ1) is 18.3. The van der Waals surface area contributed by atoms with Gasteiger partial charge >= 0.3 is 0 Å². The van der Waals surface area contributed by atoms with Gasteiger partial charge in [-0.3, -0.25) is 4.40 Å². The van der Waals surface area contributed by atoms with Gasteiger partial charge in [-0.05, 0) is 30.3 Å². The fourth-order valence-corrected chi connectivity index (χ4v) is 5.09. The molecule has 0 atom stereocenters. The summed E-state index contributed by atoms with van der Waals surface area (Å²) < 4.78 is 10.5. The van der Waals surface area contributed by atoms with E-state index < -0.39 is 0 Å². The second-order valence-electron chi connectivity index (χ2n) is 8.99. The highest BCUT2D eigenvalue weighted by Gasteiger charge is 2.24. The van der Waals surface area contributed by atoms with Crippen molar-refractivity contribution in [1.82, 2.24) is 23.9 Å². The Balaban J connectivity index is 1.52. The summed E-state index contributed by atoms with van der Waals surface area (Å²) >= 11 is 0. The quantitative estimate of drug-likeness (QED) is 0.268. The van der Waals surface area contributed by atoms with E-state index in [9.17, 15) is 0 Å². The van der Waals surface area contributed by atoms with Crippen molar-refractivity contribution >= 4 is 39.0 Å². The fourth-order valence-electron chi connectivity index (χ4n) is 5.09. The van der Waals surface area contributed by atoms with Gasteiger partial charge in [-0.1, -0.05) is 84.9 Å². The third-order valence-electron chi connectivity index (χ3n) is 6.77. The van der Waals surface area contributed by atoms with Crippen LogP contribution in [0.5, 0.6) is 0 Å². The molecule has 8 rings (SSSR count). The summed E-state index contributed by atoms with van der Waals surface area (Å²) in [5.74, 6) is 1.22. The fraction of sp³-hybridized carbons (Fsp3) is 0. The molecular weight excluding hydrogens is 458 g/mol. The standard InChI is InChI=1S/C31H19N5O/c1-3-11-20(12-4-1)24-19-25(21-13-5-2-6-14-21)33-30(32-24)36-29-28(22-15-7-10-18-27(22)37-29)35-26-17-9-8-16-23(26)34-31(35)36/h1-19H. The number of furan rings is 1. The van der Waals surface area contributed by atoms with Crippen LogP contribution in [0.1, 0.15) is 0 Å². The number of hydrogen-bond donors (Lipinski definition) is 0. The molecule has 0 fully saturated rings. The van der Waals surface area contributed by atoms with Gasteiger partial charge in [0.15, 0.2) is 0 Å². The molecule has 0 saturated carbocycles. The summed E-state index contributed by atoms with van der Waals surface area (Å²) in [5.41, 5.74) is 8.03. The number of para-hydroxylation sites is 3. The van der Waals surface area contributed by atoms with Gasteiger partial charge in [-0.15, -0.1) is 0 Å². The van der Waals surface area contributed by atoms with E-state index in [0.29, 0.717) is 17.4 Å². The van der Waals surface area contributed by atoms with Crippen LogP contribution < -0.4 is 0 Å². The maximum atomic E-state index is 6.44. The molecule has 0 radical (unpaired) electrons. The predicted octanol–water partition coefficient (Wildman–Crippen LogP) is 7.30. The van der Waals surface area contributed by atoms with Crippen molar-refractivity contribution in [2.75, 3.05) is 0 Å². The van der Waals surface area contributed by atoms with Gasteiger partial charge in [-0.2, -0.15) is 0 Å². The molecular formula is C31H19N5O. The van der Waals surface area contributed by atoms with Crippen molar-refractivity contribution in [3.63, 3.8) is 0 Å². The Morgan fingerprint density at radius 3 is 1.95 bits per heavy atom. The van der Waals surface area contributed by atoms with E-state index in [1.807, 2.05) is 83.4 Å². The van der Waals surface area contributed by atoms with Crippen molar-refractivity contribution in [3.05, 3.63) is 115 Å². The van der Waals surface area contributed by atoms with Crippen LogP contribution in [-0.4, -0.2) is 23.9 Å². The Hall–Kier alpha value is -5.23. The molecule has 174 valence electrons. The first-order valence-corrected chi connectivity index (χ1v) is 12.1. The maximum Gasteiger partial charge on any atom is 0.240 e. The van der Waals surface area contributed by atoms with Crippen LogP contribution in [-0.2, 0) is 0 Å². The average Bonchev–Trinajstić information content (AvgIpc) is 3.61. The lowest BCUT2D eigenvalue weighted by molar-refractivity contribution is 0.641. The van der Waals surface area contributed by atoms with Crippen molar-refractivity contribution in [2.24, 2.45) is 0 Å². The number of nitrogens with zero attached hydrogens (tertiary/aromatic N) is 5. The van der Waals surface area contributed by atoms with E-state index >= 15 is 0 Å². The molecule has 0 amide bonds. The smallest absolute Gasteiger partial charge is 0.240 e. The number of hydrogen-bond acceptors (Lipinski definition) is 4. The molecule has 37 heavy (non-hydrogen) atoms. The van der Waals surface area contributed by atoms with Crippen molar-refractivity contribution < 1.29 is 4.42 Å². The van der Waals surface area contributed by atoms with Crippen LogP contribution >= 0.6 is 0 Å².